The van der Waals surface area contributed by atoms with Gasteiger partial charge in [0.1, 0.15) is 4.90 Å². The molecule has 0 atom stereocenters. The topological polar surface area (TPSA) is 83.7 Å². The predicted octanol–water partition coefficient (Wildman–Crippen LogP) is 1.18. The number of carbonyl (C=O) groups is 1. The number of nitrogens with zero attached hydrogens (tertiary/aromatic N) is 2. The highest BCUT2D eigenvalue weighted by molar-refractivity contribution is 7.89. The van der Waals surface area contributed by atoms with Crippen molar-refractivity contribution in [3.63, 3.8) is 0 Å². The van der Waals surface area contributed by atoms with E-state index in [1.54, 1.807) is 11.0 Å². The zero-order chi connectivity index (χ0) is 16.3. The second-order valence-electron chi connectivity index (χ2n) is 4.88. The first-order chi connectivity index (χ1) is 10.4. The van der Waals surface area contributed by atoms with Crippen molar-refractivity contribution >= 4 is 39.1 Å². The molecule has 1 aliphatic heterocycles. The number of benzene rings is 1. The minimum atomic E-state index is -3.72. The van der Waals surface area contributed by atoms with Gasteiger partial charge in [-0.25, -0.2) is 8.42 Å². The lowest BCUT2D eigenvalue weighted by molar-refractivity contribution is -0.132. The van der Waals surface area contributed by atoms with Gasteiger partial charge in [0.2, 0.25) is 15.9 Å². The van der Waals surface area contributed by atoms with Crippen LogP contribution in [0.5, 0.6) is 0 Å². The van der Waals surface area contributed by atoms with Gasteiger partial charge in [-0.3, -0.25) is 4.79 Å². The number of amides is 1. The molecular formula is C13H17Cl2N3O3S. The van der Waals surface area contributed by atoms with Gasteiger partial charge in [-0.05, 0) is 12.1 Å². The number of piperazine rings is 1. The molecule has 1 amide bonds. The minimum absolute atomic E-state index is 0.0107. The van der Waals surface area contributed by atoms with E-state index in [1.807, 2.05) is 0 Å². The lowest BCUT2D eigenvalue weighted by atomic mass is 10.3. The first-order valence-electron chi connectivity index (χ1n) is 6.80. The van der Waals surface area contributed by atoms with Crippen LogP contribution in [0, 0.1) is 0 Å². The summed E-state index contributed by atoms with van der Waals surface area (Å²) in [6.07, 6.45) is 0.271. The molecule has 1 heterocycles. The average molecular weight is 366 g/mol. The molecule has 122 valence electrons. The number of halogens is 2. The number of carbonyl (C=O) groups excluding carboxylic acids is 1. The van der Waals surface area contributed by atoms with E-state index >= 15 is 0 Å². The maximum absolute atomic E-state index is 12.6. The van der Waals surface area contributed by atoms with Crippen molar-refractivity contribution in [3.8, 4) is 0 Å². The Morgan fingerprint density at radius 1 is 1.18 bits per heavy atom. The third-order valence-corrected chi connectivity index (χ3v) is 6.36. The lowest BCUT2D eigenvalue weighted by Gasteiger charge is -2.34. The summed E-state index contributed by atoms with van der Waals surface area (Å²) in [6, 6.07) is 4.50. The third kappa shape index (κ3) is 3.55. The molecule has 0 saturated carbocycles. The molecule has 1 saturated heterocycles. The Morgan fingerprint density at radius 2 is 1.82 bits per heavy atom. The molecule has 0 aliphatic carbocycles. The van der Waals surface area contributed by atoms with Gasteiger partial charge in [0.05, 0.1) is 10.0 Å². The third-order valence-electron chi connectivity index (χ3n) is 3.48. The highest BCUT2D eigenvalue weighted by Gasteiger charge is 2.31. The van der Waals surface area contributed by atoms with Crippen LogP contribution in [0.4, 0.5) is 0 Å². The summed E-state index contributed by atoms with van der Waals surface area (Å²) in [5.41, 5.74) is 5.36. The van der Waals surface area contributed by atoms with E-state index < -0.39 is 10.0 Å². The van der Waals surface area contributed by atoms with Crippen LogP contribution in [0.1, 0.15) is 6.42 Å². The summed E-state index contributed by atoms with van der Waals surface area (Å²) >= 11 is 11.9. The Labute approximate surface area is 139 Å². The summed E-state index contributed by atoms with van der Waals surface area (Å²) in [7, 11) is -3.72. The van der Waals surface area contributed by atoms with Crippen molar-refractivity contribution in [1.82, 2.24) is 9.21 Å². The van der Waals surface area contributed by atoms with Gasteiger partial charge in [-0.2, -0.15) is 4.31 Å². The van der Waals surface area contributed by atoms with Crippen molar-refractivity contribution in [2.24, 2.45) is 5.73 Å². The van der Waals surface area contributed by atoms with Gasteiger partial charge in [0.15, 0.2) is 0 Å². The van der Waals surface area contributed by atoms with E-state index in [-0.39, 0.29) is 46.9 Å². The van der Waals surface area contributed by atoms with Crippen LogP contribution in [0.2, 0.25) is 10.0 Å². The molecule has 0 spiro atoms. The van der Waals surface area contributed by atoms with Crippen LogP contribution in [-0.4, -0.2) is 56.3 Å². The standard InChI is InChI=1S/C13H17Cl2N3O3S/c14-10-2-1-3-11(13(10)15)22(20,21)18-8-6-17(7-9-18)12(19)4-5-16/h1-3H,4-9,16H2. The molecule has 2 N–H and O–H groups in total. The van der Waals surface area contributed by atoms with Crippen LogP contribution < -0.4 is 5.73 Å². The van der Waals surface area contributed by atoms with Gasteiger partial charge >= 0.3 is 0 Å². The number of rotatable bonds is 4. The molecule has 0 unspecified atom stereocenters. The Morgan fingerprint density at radius 3 is 2.41 bits per heavy atom. The van der Waals surface area contributed by atoms with Gasteiger partial charge in [0, 0.05) is 39.1 Å². The van der Waals surface area contributed by atoms with Crippen LogP contribution in [0.3, 0.4) is 0 Å². The van der Waals surface area contributed by atoms with Crippen LogP contribution >= 0.6 is 23.2 Å². The molecule has 6 nitrogen and oxygen atoms in total. The SMILES string of the molecule is NCCC(=O)N1CCN(S(=O)(=O)c2cccc(Cl)c2Cl)CC1. The summed E-state index contributed by atoms with van der Waals surface area (Å²) in [5.74, 6) is -0.0552. The fraction of sp³-hybridized carbons (Fsp3) is 0.462. The summed E-state index contributed by atoms with van der Waals surface area (Å²) in [5, 5.41) is 0.213. The largest absolute Gasteiger partial charge is 0.340 e. The van der Waals surface area contributed by atoms with E-state index in [0.29, 0.717) is 13.1 Å². The fourth-order valence-electron chi connectivity index (χ4n) is 2.28. The van der Waals surface area contributed by atoms with E-state index in [0.717, 1.165) is 0 Å². The molecule has 1 aliphatic rings. The van der Waals surface area contributed by atoms with E-state index in [2.05, 4.69) is 0 Å². The van der Waals surface area contributed by atoms with Crippen molar-refractivity contribution < 1.29 is 13.2 Å². The molecule has 22 heavy (non-hydrogen) atoms. The molecule has 0 bridgehead atoms. The van der Waals surface area contributed by atoms with E-state index in [4.69, 9.17) is 28.9 Å². The summed E-state index contributed by atoms with van der Waals surface area (Å²) in [4.78, 5) is 13.4. The monoisotopic (exact) mass is 365 g/mol. The van der Waals surface area contributed by atoms with Gasteiger partial charge in [-0.15, -0.1) is 0 Å². The van der Waals surface area contributed by atoms with Crippen molar-refractivity contribution in [2.75, 3.05) is 32.7 Å². The smallest absolute Gasteiger partial charge is 0.244 e. The van der Waals surface area contributed by atoms with Crippen LogP contribution in [-0.2, 0) is 14.8 Å². The Hall–Kier alpha value is -0.860. The molecule has 1 aromatic carbocycles. The Bertz CT molecular complexity index is 658. The van der Waals surface area contributed by atoms with E-state index in [9.17, 15) is 13.2 Å². The molecule has 0 aromatic heterocycles. The minimum Gasteiger partial charge on any atom is -0.340 e. The number of hydrogen-bond acceptors (Lipinski definition) is 4. The second kappa shape index (κ2) is 7.14. The molecule has 1 aromatic rings. The van der Waals surface area contributed by atoms with Crippen molar-refractivity contribution in [3.05, 3.63) is 28.2 Å². The number of sulfonamides is 1. The molecule has 1 fully saturated rings. The quantitative estimate of drug-likeness (QED) is 0.867. The zero-order valence-electron chi connectivity index (χ0n) is 11.8. The molecular weight excluding hydrogens is 349 g/mol. The molecule has 2 rings (SSSR count). The van der Waals surface area contributed by atoms with Crippen molar-refractivity contribution in [1.29, 1.82) is 0 Å². The highest BCUT2D eigenvalue weighted by Crippen LogP contribution is 2.31. The number of nitrogens with two attached hydrogens (primary N) is 1. The Kier molecular flexibility index (Phi) is 5.68. The molecule has 9 heteroatoms. The zero-order valence-corrected chi connectivity index (χ0v) is 14.2. The van der Waals surface area contributed by atoms with Crippen LogP contribution in [0.15, 0.2) is 23.1 Å². The highest BCUT2D eigenvalue weighted by atomic mass is 35.5. The van der Waals surface area contributed by atoms with Gasteiger partial charge in [-0.1, -0.05) is 29.3 Å². The Balaban J connectivity index is 2.13. The lowest BCUT2D eigenvalue weighted by Crippen LogP contribution is -2.50. The predicted molar refractivity (Wildman–Crippen MR) is 85.5 cm³/mol. The summed E-state index contributed by atoms with van der Waals surface area (Å²) < 4.78 is 26.6. The maximum atomic E-state index is 12.6. The fourth-order valence-corrected chi connectivity index (χ4v) is 4.44. The average Bonchev–Trinajstić information content (AvgIpc) is 2.50. The maximum Gasteiger partial charge on any atom is 0.244 e. The first-order valence-corrected chi connectivity index (χ1v) is 8.99. The van der Waals surface area contributed by atoms with Crippen molar-refractivity contribution in [2.45, 2.75) is 11.3 Å². The van der Waals surface area contributed by atoms with E-state index in [1.165, 1.54) is 16.4 Å². The van der Waals surface area contributed by atoms with Gasteiger partial charge < -0.3 is 10.6 Å². The van der Waals surface area contributed by atoms with Crippen LogP contribution in [0.25, 0.3) is 0 Å². The normalized spacial score (nSPS) is 16.8. The summed E-state index contributed by atoms with van der Waals surface area (Å²) in [6.45, 7) is 1.42. The molecule has 0 radical (unpaired) electrons. The number of hydrogen-bond donors (Lipinski definition) is 1. The first kappa shape index (κ1) is 17.5. The second-order valence-corrected chi connectivity index (χ2v) is 7.57. The van der Waals surface area contributed by atoms with Gasteiger partial charge in [0.25, 0.3) is 0 Å².